The number of nitrogens with one attached hydrogen (secondary N) is 1. The maximum Gasteiger partial charge on any atom is 0.240 e. The monoisotopic (exact) mass is 242 g/mol. The second kappa shape index (κ2) is 6.36. The molecule has 0 aromatic rings. The van der Waals surface area contributed by atoms with Gasteiger partial charge in [0.25, 0.3) is 0 Å². The summed E-state index contributed by atoms with van der Waals surface area (Å²) in [7, 11) is 0. The fourth-order valence-corrected chi connectivity index (χ4v) is 2.42. The number of hydrogen-bond acceptors (Lipinski definition) is 3. The average molecular weight is 242 g/mol. The first-order chi connectivity index (χ1) is 7.94. The van der Waals surface area contributed by atoms with Crippen LogP contribution in [0.5, 0.6) is 0 Å². The molecule has 0 spiro atoms. The Morgan fingerprint density at radius 1 is 1.35 bits per heavy atom. The van der Waals surface area contributed by atoms with Gasteiger partial charge in [-0.1, -0.05) is 33.1 Å². The Labute approximate surface area is 104 Å². The second-order valence-electron chi connectivity index (χ2n) is 5.71. The number of nitrogens with two attached hydrogens (primary N) is 1. The SMILES string of the molecule is CC(C)CC(O)CNC(=O)C1(N)CCCCC1. The van der Waals surface area contributed by atoms with Gasteiger partial charge in [-0.25, -0.2) is 0 Å². The van der Waals surface area contributed by atoms with Gasteiger partial charge in [0, 0.05) is 6.54 Å². The summed E-state index contributed by atoms with van der Waals surface area (Å²) < 4.78 is 0. The minimum Gasteiger partial charge on any atom is -0.391 e. The predicted octanol–water partition coefficient (Wildman–Crippen LogP) is 1.17. The van der Waals surface area contributed by atoms with Crippen molar-refractivity contribution in [3.63, 3.8) is 0 Å². The van der Waals surface area contributed by atoms with Gasteiger partial charge in [-0.05, 0) is 25.2 Å². The average Bonchev–Trinajstić information content (AvgIpc) is 2.26. The van der Waals surface area contributed by atoms with E-state index >= 15 is 0 Å². The zero-order chi connectivity index (χ0) is 12.9. The summed E-state index contributed by atoms with van der Waals surface area (Å²) in [5, 5.41) is 12.5. The van der Waals surface area contributed by atoms with E-state index in [2.05, 4.69) is 19.2 Å². The number of carbonyl (C=O) groups excluding carboxylic acids is 1. The first-order valence-electron chi connectivity index (χ1n) is 6.69. The number of aliphatic hydroxyl groups is 1. The standard InChI is InChI=1S/C13H26N2O2/c1-10(2)8-11(16)9-15-12(17)13(14)6-4-3-5-7-13/h10-11,16H,3-9,14H2,1-2H3,(H,15,17). The van der Waals surface area contributed by atoms with Crippen molar-refractivity contribution in [1.29, 1.82) is 0 Å². The molecule has 1 unspecified atom stereocenters. The lowest BCUT2D eigenvalue weighted by molar-refractivity contribution is -0.128. The molecule has 1 aliphatic rings. The molecular formula is C13H26N2O2. The molecule has 0 saturated heterocycles. The van der Waals surface area contributed by atoms with E-state index in [0.29, 0.717) is 18.9 Å². The number of hydrogen-bond donors (Lipinski definition) is 3. The van der Waals surface area contributed by atoms with E-state index in [4.69, 9.17) is 5.73 Å². The topological polar surface area (TPSA) is 75.3 Å². The van der Waals surface area contributed by atoms with Gasteiger partial charge in [0.05, 0.1) is 11.6 Å². The van der Waals surface area contributed by atoms with E-state index in [1.54, 1.807) is 0 Å². The highest BCUT2D eigenvalue weighted by Crippen LogP contribution is 2.25. The van der Waals surface area contributed by atoms with E-state index in [1.807, 2.05) is 0 Å². The molecule has 1 aliphatic carbocycles. The molecule has 1 atom stereocenters. The molecule has 4 N–H and O–H groups in total. The number of aliphatic hydroxyl groups excluding tert-OH is 1. The summed E-state index contributed by atoms with van der Waals surface area (Å²) in [6.07, 6.45) is 4.99. The molecule has 0 aromatic carbocycles. The van der Waals surface area contributed by atoms with Gasteiger partial charge in [0.1, 0.15) is 0 Å². The Hall–Kier alpha value is -0.610. The predicted molar refractivity (Wildman–Crippen MR) is 68.5 cm³/mol. The van der Waals surface area contributed by atoms with Gasteiger partial charge in [-0.15, -0.1) is 0 Å². The number of amides is 1. The van der Waals surface area contributed by atoms with Crippen LogP contribution in [0.25, 0.3) is 0 Å². The summed E-state index contributed by atoms with van der Waals surface area (Å²) in [5.74, 6) is 0.337. The van der Waals surface area contributed by atoms with Crippen molar-refractivity contribution in [1.82, 2.24) is 5.32 Å². The third-order valence-corrected chi connectivity index (χ3v) is 3.44. The van der Waals surface area contributed by atoms with Crippen LogP contribution in [-0.4, -0.2) is 29.2 Å². The lowest BCUT2D eigenvalue weighted by Gasteiger charge is -2.32. The Morgan fingerprint density at radius 2 is 1.94 bits per heavy atom. The molecule has 4 heteroatoms. The van der Waals surface area contributed by atoms with Crippen molar-refractivity contribution < 1.29 is 9.90 Å². The van der Waals surface area contributed by atoms with Gasteiger partial charge in [-0.3, -0.25) is 4.79 Å². The fourth-order valence-electron chi connectivity index (χ4n) is 2.42. The highest BCUT2D eigenvalue weighted by Gasteiger charge is 2.35. The van der Waals surface area contributed by atoms with Gasteiger partial charge in [0.15, 0.2) is 0 Å². The molecule has 1 fully saturated rings. The van der Waals surface area contributed by atoms with Crippen LogP contribution in [0.1, 0.15) is 52.4 Å². The van der Waals surface area contributed by atoms with E-state index in [1.165, 1.54) is 6.42 Å². The lowest BCUT2D eigenvalue weighted by Crippen LogP contribution is -2.56. The molecule has 1 rings (SSSR count). The molecule has 17 heavy (non-hydrogen) atoms. The van der Waals surface area contributed by atoms with Crippen LogP contribution < -0.4 is 11.1 Å². The molecular weight excluding hydrogens is 216 g/mol. The van der Waals surface area contributed by atoms with E-state index in [0.717, 1.165) is 25.7 Å². The summed E-state index contributed by atoms with van der Waals surface area (Å²) in [6, 6.07) is 0. The van der Waals surface area contributed by atoms with Crippen molar-refractivity contribution in [2.24, 2.45) is 11.7 Å². The van der Waals surface area contributed by atoms with Crippen molar-refractivity contribution in [3.8, 4) is 0 Å². The summed E-state index contributed by atoms with van der Waals surface area (Å²) in [4.78, 5) is 12.0. The Morgan fingerprint density at radius 3 is 2.47 bits per heavy atom. The maximum atomic E-state index is 12.0. The zero-order valence-electron chi connectivity index (χ0n) is 11.0. The highest BCUT2D eigenvalue weighted by molar-refractivity contribution is 5.86. The molecule has 0 radical (unpaired) electrons. The van der Waals surface area contributed by atoms with Gasteiger partial charge in [0.2, 0.25) is 5.91 Å². The van der Waals surface area contributed by atoms with Crippen molar-refractivity contribution in [2.75, 3.05) is 6.54 Å². The molecule has 1 amide bonds. The first kappa shape index (κ1) is 14.5. The Balaban J connectivity index is 2.33. The molecule has 4 nitrogen and oxygen atoms in total. The Bertz CT molecular complexity index is 248. The summed E-state index contributed by atoms with van der Waals surface area (Å²) in [5.41, 5.74) is 5.40. The summed E-state index contributed by atoms with van der Waals surface area (Å²) >= 11 is 0. The van der Waals surface area contributed by atoms with Crippen molar-refractivity contribution >= 4 is 5.91 Å². The van der Waals surface area contributed by atoms with E-state index in [9.17, 15) is 9.90 Å². The van der Waals surface area contributed by atoms with Crippen LogP contribution in [0.15, 0.2) is 0 Å². The molecule has 1 saturated carbocycles. The first-order valence-corrected chi connectivity index (χ1v) is 6.69. The van der Waals surface area contributed by atoms with Crippen LogP contribution in [0, 0.1) is 5.92 Å². The fraction of sp³-hybridized carbons (Fsp3) is 0.923. The number of rotatable bonds is 5. The third kappa shape index (κ3) is 4.64. The highest BCUT2D eigenvalue weighted by atomic mass is 16.3. The number of carbonyl (C=O) groups is 1. The molecule has 0 bridgehead atoms. The van der Waals surface area contributed by atoms with Crippen LogP contribution in [0.4, 0.5) is 0 Å². The summed E-state index contributed by atoms with van der Waals surface area (Å²) in [6.45, 7) is 4.42. The third-order valence-electron chi connectivity index (χ3n) is 3.44. The lowest BCUT2D eigenvalue weighted by atomic mass is 9.82. The quantitative estimate of drug-likeness (QED) is 0.677. The van der Waals surface area contributed by atoms with Crippen LogP contribution in [-0.2, 0) is 4.79 Å². The maximum absolute atomic E-state index is 12.0. The minimum absolute atomic E-state index is 0.0972. The van der Waals surface area contributed by atoms with Crippen molar-refractivity contribution in [2.45, 2.75) is 64.0 Å². The van der Waals surface area contributed by atoms with Crippen molar-refractivity contribution in [3.05, 3.63) is 0 Å². The largest absolute Gasteiger partial charge is 0.391 e. The Kier molecular flexibility index (Phi) is 5.40. The molecule has 0 aromatic heterocycles. The van der Waals surface area contributed by atoms with Crippen LogP contribution in [0.3, 0.4) is 0 Å². The normalized spacial score (nSPS) is 21.2. The smallest absolute Gasteiger partial charge is 0.240 e. The van der Waals surface area contributed by atoms with Crippen LogP contribution in [0.2, 0.25) is 0 Å². The molecule has 0 aliphatic heterocycles. The van der Waals surface area contributed by atoms with E-state index in [-0.39, 0.29) is 5.91 Å². The minimum atomic E-state index is -0.699. The molecule has 100 valence electrons. The van der Waals surface area contributed by atoms with Gasteiger partial charge in [-0.2, -0.15) is 0 Å². The second-order valence-corrected chi connectivity index (χ2v) is 5.71. The molecule has 0 heterocycles. The zero-order valence-corrected chi connectivity index (χ0v) is 11.0. The van der Waals surface area contributed by atoms with Crippen LogP contribution >= 0.6 is 0 Å². The van der Waals surface area contributed by atoms with Gasteiger partial charge < -0.3 is 16.2 Å². The van der Waals surface area contributed by atoms with E-state index < -0.39 is 11.6 Å². The van der Waals surface area contributed by atoms with Gasteiger partial charge >= 0.3 is 0 Å².